The summed E-state index contributed by atoms with van der Waals surface area (Å²) in [7, 11) is 0. The van der Waals surface area contributed by atoms with E-state index in [0.29, 0.717) is 22.9 Å². The van der Waals surface area contributed by atoms with Gasteiger partial charge in [-0.3, -0.25) is 9.59 Å². The van der Waals surface area contributed by atoms with Crippen molar-refractivity contribution in [3.8, 4) is 0 Å². The van der Waals surface area contributed by atoms with Gasteiger partial charge in [0.05, 0.1) is 5.92 Å². The third-order valence-electron chi connectivity index (χ3n) is 4.94. The van der Waals surface area contributed by atoms with Crippen LogP contribution >= 0.6 is 0 Å². The molecule has 1 atom stereocenters. The Bertz CT molecular complexity index is 995. The molecular formula is C26H28N2O2. The van der Waals surface area contributed by atoms with Crippen molar-refractivity contribution in [2.75, 3.05) is 10.6 Å². The Hall–Kier alpha value is -3.40. The summed E-state index contributed by atoms with van der Waals surface area (Å²) in [6.45, 7) is 6.29. The molecule has 0 spiro atoms. The average Bonchev–Trinajstić information content (AvgIpc) is 2.74. The predicted molar refractivity (Wildman–Crippen MR) is 123 cm³/mol. The van der Waals surface area contributed by atoms with Gasteiger partial charge in [0, 0.05) is 16.9 Å². The molecule has 3 aromatic carbocycles. The van der Waals surface area contributed by atoms with Gasteiger partial charge in [-0.1, -0.05) is 62.4 Å². The number of anilines is 2. The van der Waals surface area contributed by atoms with Crippen molar-refractivity contribution in [3.63, 3.8) is 0 Å². The Morgan fingerprint density at radius 2 is 1.40 bits per heavy atom. The molecule has 154 valence electrons. The van der Waals surface area contributed by atoms with Crippen LogP contribution in [0.25, 0.3) is 0 Å². The zero-order valence-electron chi connectivity index (χ0n) is 17.7. The molecule has 0 radical (unpaired) electrons. The fourth-order valence-corrected chi connectivity index (χ4v) is 3.28. The van der Waals surface area contributed by atoms with Crippen molar-refractivity contribution < 1.29 is 9.59 Å². The highest BCUT2D eigenvalue weighted by Gasteiger charge is 2.16. The maximum absolute atomic E-state index is 12.7. The molecule has 0 aliphatic rings. The number of rotatable bonds is 7. The Morgan fingerprint density at radius 1 is 0.767 bits per heavy atom. The van der Waals surface area contributed by atoms with E-state index in [0.717, 1.165) is 12.0 Å². The highest BCUT2D eigenvalue weighted by molar-refractivity contribution is 6.04. The van der Waals surface area contributed by atoms with Crippen LogP contribution in [-0.2, 0) is 11.2 Å². The summed E-state index contributed by atoms with van der Waals surface area (Å²) in [4.78, 5) is 25.1. The summed E-state index contributed by atoms with van der Waals surface area (Å²) in [6.07, 6.45) is 1.03. The van der Waals surface area contributed by atoms with Crippen molar-refractivity contribution >= 4 is 23.2 Å². The van der Waals surface area contributed by atoms with Crippen LogP contribution in [0.5, 0.6) is 0 Å². The number of hydrogen-bond donors (Lipinski definition) is 2. The van der Waals surface area contributed by atoms with E-state index in [9.17, 15) is 9.59 Å². The highest BCUT2D eigenvalue weighted by Crippen LogP contribution is 2.21. The summed E-state index contributed by atoms with van der Waals surface area (Å²) in [6, 6.07) is 24.5. The van der Waals surface area contributed by atoms with Crippen LogP contribution in [0.1, 0.15) is 48.2 Å². The van der Waals surface area contributed by atoms with Crippen LogP contribution < -0.4 is 10.6 Å². The zero-order valence-corrected chi connectivity index (χ0v) is 17.7. The van der Waals surface area contributed by atoms with Gasteiger partial charge in [-0.05, 0) is 60.7 Å². The topological polar surface area (TPSA) is 58.2 Å². The number of carbonyl (C=O) groups excluding carboxylic acids is 2. The first-order valence-electron chi connectivity index (χ1n) is 10.3. The predicted octanol–water partition coefficient (Wildman–Crippen LogP) is 5.88. The normalized spacial score (nSPS) is 11.7. The minimum Gasteiger partial charge on any atom is -0.325 e. The minimum absolute atomic E-state index is 0.0851. The van der Waals surface area contributed by atoms with Crippen LogP contribution in [-0.4, -0.2) is 11.8 Å². The van der Waals surface area contributed by atoms with Crippen LogP contribution in [0.2, 0.25) is 0 Å². The number of nitrogens with one attached hydrogen (secondary N) is 2. The van der Waals surface area contributed by atoms with E-state index in [4.69, 9.17) is 0 Å². The second kappa shape index (κ2) is 9.88. The van der Waals surface area contributed by atoms with Crippen molar-refractivity contribution in [1.29, 1.82) is 0 Å². The molecule has 0 saturated heterocycles. The Morgan fingerprint density at radius 3 is 2.03 bits per heavy atom. The standard InChI is InChI=1S/C26H28N2O2/c1-18(2)16-20-12-14-21(15-13-20)19(3)25(29)27-23-10-7-11-24(17-23)28-26(30)22-8-5-4-6-9-22/h4-15,17-19H,16H2,1-3H3,(H,27,29)(H,28,30). The van der Waals surface area contributed by atoms with E-state index in [-0.39, 0.29) is 17.7 Å². The van der Waals surface area contributed by atoms with Gasteiger partial charge in [0.2, 0.25) is 5.91 Å². The van der Waals surface area contributed by atoms with Crippen LogP contribution in [0, 0.1) is 5.92 Å². The van der Waals surface area contributed by atoms with Crippen LogP contribution in [0.4, 0.5) is 11.4 Å². The molecule has 1 unspecified atom stereocenters. The van der Waals surface area contributed by atoms with Crippen LogP contribution in [0.3, 0.4) is 0 Å². The van der Waals surface area contributed by atoms with Gasteiger partial charge in [0.25, 0.3) is 5.91 Å². The smallest absolute Gasteiger partial charge is 0.255 e. The number of hydrogen-bond acceptors (Lipinski definition) is 2. The molecule has 0 saturated carbocycles. The van der Waals surface area contributed by atoms with Gasteiger partial charge < -0.3 is 10.6 Å². The van der Waals surface area contributed by atoms with Crippen molar-refractivity contribution in [2.24, 2.45) is 5.92 Å². The second-order valence-corrected chi connectivity index (χ2v) is 7.95. The Balaban J connectivity index is 1.63. The molecule has 0 aromatic heterocycles. The SMILES string of the molecule is CC(C)Cc1ccc(C(C)C(=O)Nc2cccc(NC(=O)c3ccccc3)c2)cc1. The monoisotopic (exact) mass is 400 g/mol. The summed E-state index contributed by atoms with van der Waals surface area (Å²) in [5.41, 5.74) is 4.12. The molecule has 30 heavy (non-hydrogen) atoms. The van der Waals surface area contributed by atoms with Crippen molar-refractivity contribution in [2.45, 2.75) is 33.1 Å². The molecule has 3 aromatic rings. The number of carbonyl (C=O) groups is 2. The van der Waals surface area contributed by atoms with E-state index >= 15 is 0 Å². The van der Waals surface area contributed by atoms with Gasteiger partial charge in [0.15, 0.2) is 0 Å². The molecule has 4 heteroatoms. The van der Waals surface area contributed by atoms with Gasteiger partial charge in [-0.15, -0.1) is 0 Å². The maximum Gasteiger partial charge on any atom is 0.255 e. The lowest BCUT2D eigenvalue weighted by molar-refractivity contribution is -0.117. The van der Waals surface area contributed by atoms with Gasteiger partial charge >= 0.3 is 0 Å². The van der Waals surface area contributed by atoms with Gasteiger partial charge in [-0.2, -0.15) is 0 Å². The maximum atomic E-state index is 12.7. The Labute approximate surface area is 178 Å². The Kier molecular flexibility index (Phi) is 7.02. The second-order valence-electron chi connectivity index (χ2n) is 7.95. The third-order valence-corrected chi connectivity index (χ3v) is 4.94. The summed E-state index contributed by atoms with van der Waals surface area (Å²) >= 11 is 0. The molecule has 0 heterocycles. The largest absolute Gasteiger partial charge is 0.325 e. The van der Waals surface area contributed by atoms with E-state index in [1.807, 2.05) is 49.4 Å². The van der Waals surface area contributed by atoms with Crippen molar-refractivity contribution in [3.05, 3.63) is 95.6 Å². The zero-order chi connectivity index (χ0) is 21.5. The van der Waals surface area contributed by atoms with Crippen molar-refractivity contribution in [1.82, 2.24) is 0 Å². The van der Waals surface area contributed by atoms with Gasteiger partial charge in [0.1, 0.15) is 0 Å². The van der Waals surface area contributed by atoms with E-state index in [2.05, 4.69) is 36.6 Å². The average molecular weight is 401 g/mol. The quantitative estimate of drug-likeness (QED) is 0.520. The molecule has 4 nitrogen and oxygen atoms in total. The molecule has 0 bridgehead atoms. The lowest BCUT2D eigenvalue weighted by Gasteiger charge is -2.14. The molecule has 3 rings (SSSR count). The fourth-order valence-electron chi connectivity index (χ4n) is 3.28. The summed E-state index contributed by atoms with van der Waals surface area (Å²) < 4.78 is 0. The molecule has 0 aliphatic heterocycles. The molecular weight excluding hydrogens is 372 g/mol. The number of benzene rings is 3. The lowest BCUT2D eigenvalue weighted by atomic mass is 9.96. The van der Waals surface area contributed by atoms with Crippen LogP contribution in [0.15, 0.2) is 78.9 Å². The summed E-state index contributed by atoms with van der Waals surface area (Å²) in [5.74, 6) is 0.0546. The van der Waals surface area contributed by atoms with E-state index < -0.39 is 0 Å². The first kappa shape index (κ1) is 21.3. The highest BCUT2D eigenvalue weighted by atomic mass is 16.2. The first-order chi connectivity index (χ1) is 14.4. The molecule has 0 aliphatic carbocycles. The number of amides is 2. The van der Waals surface area contributed by atoms with E-state index in [1.165, 1.54) is 5.56 Å². The fraction of sp³-hybridized carbons (Fsp3) is 0.231. The molecule has 0 fully saturated rings. The van der Waals surface area contributed by atoms with E-state index in [1.54, 1.807) is 24.3 Å². The third kappa shape index (κ3) is 5.80. The minimum atomic E-state index is -0.277. The summed E-state index contributed by atoms with van der Waals surface area (Å²) in [5, 5.41) is 5.81. The van der Waals surface area contributed by atoms with Gasteiger partial charge in [-0.25, -0.2) is 0 Å². The lowest BCUT2D eigenvalue weighted by Crippen LogP contribution is -2.19. The first-order valence-corrected chi connectivity index (χ1v) is 10.3. The molecule has 2 N–H and O–H groups in total. The molecule has 2 amide bonds.